The lowest BCUT2D eigenvalue weighted by atomic mass is 10.1. The van der Waals surface area contributed by atoms with Crippen molar-refractivity contribution in [2.24, 2.45) is 0 Å². The first kappa shape index (κ1) is 13.4. The highest BCUT2D eigenvalue weighted by Gasteiger charge is 2.36. The number of likely N-dealkylation sites (tertiary alicyclic amines) is 1. The van der Waals surface area contributed by atoms with Crippen LogP contribution in [-0.2, 0) is 0 Å². The van der Waals surface area contributed by atoms with Gasteiger partial charge in [0.2, 0.25) is 0 Å². The van der Waals surface area contributed by atoms with Gasteiger partial charge in [-0.2, -0.15) is 13.2 Å². The largest absolute Gasteiger partial charge is 0.467 e. The molecule has 0 saturated carbocycles. The Morgan fingerprint density at radius 3 is 2.89 bits per heavy atom. The Kier molecular flexibility index (Phi) is 3.97. The van der Waals surface area contributed by atoms with E-state index in [1.54, 1.807) is 12.1 Å². The maximum atomic E-state index is 12.4. The van der Waals surface area contributed by atoms with Crippen molar-refractivity contribution in [2.75, 3.05) is 13.1 Å². The highest BCUT2D eigenvalue weighted by molar-refractivity contribution is 5.02. The molecule has 1 N–H and O–H groups in total. The molecule has 102 valence electrons. The van der Waals surface area contributed by atoms with Gasteiger partial charge in [0.1, 0.15) is 11.9 Å². The summed E-state index contributed by atoms with van der Waals surface area (Å²) in [6.07, 6.45) is -1.86. The lowest BCUT2D eigenvalue weighted by Crippen LogP contribution is -2.38. The first-order chi connectivity index (χ1) is 8.46. The van der Waals surface area contributed by atoms with Gasteiger partial charge in [0, 0.05) is 6.04 Å². The number of furan rings is 1. The average Bonchev–Trinajstić information content (AvgIpc) is 2.87. The summed E-state index contributed by atoms with van der Waals surface area (Å²) in [6, 6.07) is 3.06. The summed E-state index contributed by atoms with van der Waals surface area (Å²) < 4.78 is 42.2. The van der Waals surface area contributed by atoms with Crippen LogP contribution in [0.15, 0.2) is 22.8 Å². The van der Waals surface area contributed by atoms with Gasteiger partial charge in [-0.25, -0.2) is 0 Å². The van der Waals surface area contributed by atoms with Crippen LogP contribution in [-0.4, -0.2) is 35.3 Å². The molecule has 6 heteroatoms. The molecular weight excluding hydrogens is 247 g/mol. The summed E-state index contributed by atoms with van der Waals surface area (Å²) in [6.45, 7) is -0.461. The Bertz CT molecular complexity index is 364. The van der Waals surface area contributed by atoms with Crippen molar-refractivity contribution in [1.29, 1.82) is 0 Å². The van der Waals surface area contributed by atoms with Gasteiger partial charge in [-0.05, 0) is 37.9 Å². The van der Waals surface area contributed by atoms with Gasteiger partial charge in [0.05, 0.1) is 12.8 Å². The zero-order chi connectivity index (χ0) is 13.2. The predicted molar refractivity (Wildman–Crippen MR) is 58.9 cm³/mol. The SMILES string of the molecule is OC(CC1CCCN1CC(F)(F)F)c1ccco1. The molecule has 1 fully saturated rings. The summed E-state index contributed by atoms with van der Waals surface area (Å²) >= 11 is 0. The summed E-state index contributed by atoms with van der Waals surface area (Å²) in [5, 5.41) is 9.88. The van der Waals surface area contributed by atoms with Gasteiger partial charge in [0.15, 0.2) is 0 Å². The number of hydrogen-bond donors (Lipinski definition) is 1. The normalized spacial score (nSPS) is 23.4. The molecule has 1 aromatic rings. The zero-order valence-corrected chi connectivity index (χ0v) is 9.86. The summed E-state index contributed by atoms with van der Waals surface area (Å²) in [7, 11) is 0. The molecule has 2 unspecified atom stereocenters. The number of rotatable bonds is 4. The molecule has 0 aromatic carbocycles. The van der Waals surface area contributed by atoms with Crippen LogP contribution >= 0.6 is 0 Å². The molecule has 1 aliphatic heterocycles. The van der Waals surface area contributed by atoms with Crippen LogP contribution in [0.25, 0.3) is 0 Å². The second-order valence-electron chi connectivity index (χ2n) is 4.65. The monoisotopic (exact) mass is 263 g/mol. The minimum absolute atomic E-state index is 0.230. The molecule has 0 radical (unpaired) electrons. The molecule has 18 heavy (non-hydrogen) atoms. The number of hydrogen-bond acceptors (Lipinski definition) is 3. The Labute approximate surface area is 103 Å². The molecule has 0 aliphatic carbocycles. The van der Waals surface area contributed by atoms with Crippen molar-refractivity contribution in [3.05, 3.63) is 24.2 Å². The van der Waals surface area contributed by atoms with Gasteiger partial charge in [-0.1, -0.05) is 0 Å². The second-order valence-corrected chi connectivity index (χ2v) is 4.65. The molecule has 1 aromatic heterocycles. The van der Waals surface area contributed by atoms with Crippen molar-refractivity contribution < 1.29 is 22.7 Å². The molecule has 2 atom stereocenters. The molecule has 0 bridgehead atoms. The van der Waals surface area contributed by atoms with Gasteiger partial charge in [0.25, 0.3) is 0 Å². The van der Waals surface area contributed by atoms with E-state index in [-0.39, 0.29) is 12.5 Å². The minimum Gasteiger partial charge on any atom is -0.467 e. The van der Waals surface area contributed by atoms with Gasteiger partial charge in [-0.15, -0.1) is 0 Å². The number of nitrogens with zero attached hydrogens (tertiary/aromatic N) is 1. The minimum atomic E-state index is -4.18. The molecule has 3 nitrogen and oxygen atoms in total. The van der Waals surface area contributed by atoms with Crippen LogP contribution in [0.4, 0.5) is 13.2 Å². The Balaban J connectivity index is 1.92. The fourth-order valence-corrected chi connectivity index (χ4v) is 2.46. The van der Waals surface area contributed by atoms with E-state index >= 15 is 0 Å². The third kappa shape index (κ3) is 3.49. The molecule has 0 amide bonds. The van der Waals surface area contributed by atoms with E-state index < -0.39 is 18.8 Å². The Morgan fingerprint density at radius 1 is 1.50 bits per heavy atom. The zero-order valence-electron chi connectivity index (χ0n) is 9.86. The first-order valence-electron chi connectivity index (χ1n) is 5.98. The van der Waals surface area contributed by atoms with E-state index in [1.807, 2.05) is 0 Å². The average molecular weight is 263 g/mol. The standard InChI is InChI=1S/C12H16F3NO2/c13-12(14,15)8-16-5-1-3-9(16)7-10(17)11-4-2-6-18-11/h2,4,6,9-10,17H,1,3,5,7-8H2. The highest BCUT2D eigenvalue weighted by Crippen LogP contribution is 2.30. The fraction of sp³-hybridized carbons (Fsp3) is 0.667. The van der Waals surface area contributed by atoms with Crippen LogP contribution in [0, 0.1) is 0 Å². The topological polar surface area (TPSA) is 36.6 Å². The summed E-state index contributed by atoms with van der Waals surface area (Å²) in [5.74, 6) is 0.411. The molecule has 2 heterocycles. The van der Waals surface area contributed by atoms with Crippen molar-refractivity contribution in [3.63, 3.8) is 0 Å². The van der Waals surface area contributed by atoms with Crippen LogP contribution < -0.4 is 0 Å². The second kappa shape index (κ2) is 5.32. The van der Waals surface area contributed by atoms with E-state index in [0.29, 0.717) is 18.7 Å². The third-order valence-corrected chi connectivity index (χ3v) is 3.25. The van der Waals surface area contributed by atoms with Gasteiger partial charge in [-0.3, -0.25) is 4.90 Å². The Morgan fingerprint density at radius 2 is 2.28 bits per heavy atom. The maximum Gasteiger partial charge on any atom is 0.401 e. The van der Waals surface area contributed by atoms with Crippen molar-refractivity contribution in [2.45, 2.75) is 37.6 Å². The molecule has 1 saturated heterocycles. The van der Waals surface area contributed by atoms with E-state index in [9.17, 15) is 18.3 Å². The van der Waals surface area contributed by atoms with E-state index in [4.69, 9.17) is 4.42 Å². The predicted octanol–water partition coefficient (Wildman–Crippen LogP) is 2.73. The molecular formula is C12H16F3NO2. The maximum absolute atomic E-state index is 12.4. The van der Waals surface area contributed by atoms with Crippen LogP contribution in [0.3, 0.4) is 0 Å². The quantitative estimate of drug-likeness (QED) is 0.907. The van der Waals surface area contributed by atoms with E-state index in [2.05, 4.69) is 0 Å². The van der Waals surface area contributed by atoms with Crippen LogP contribution in [0.5, 0.6) is 0 Å². The van der Waals surface area contributed by atoms with Crippen LogP contribution in [0.2, 0.25) is 0 Å². The third-order valence-electron chi connectivity index (χ3n) is 3.25. The number of alkyl halides is 3. The van der Waals surface area contributed by atoms with E-state index in [0.717, 1.165) is 6.42 Å². The molecule has 0 spiro atoms. The van der Waals surface area contributed by atoms with Gasteiger partial charge >= 0.3 is 6.18 Å². The summed E-state index contributed by atoms with van der Waals surface area (Å²) in [4.78, 5) is 1.40. The highest BCUT2D eigenvalue weighted by atomic mass is 19.4. The fourth-order valence-electron chi connectivity index (χ4n) is 2.46. The smallest absolute Gasteiger partial charge is 0.401 e. The lowest BCUT2D eigenvalue weighted by Gasteiger charge is -2.26. The lowest BCUT2D eigenvalue weighted by molar-refractivity contribution is -0.148. The molecule has 1 aliphatic rings. The van der Waals surface area contributed by atoms with E-state index in [1.165, 1.54) is 11.2 Å². The number of aliphatic hydroxyl groups is 1. The Hall–Kier alpha value is -1.01. The summed E-state index contributed by atoms with van der Waals surface area (Å²) in [5.41, 5.74) is 0. The number of halogens is 3. The first-order valence-corrected chi connectivity index (χ1v) is 5.98. The van der Waals surface area contributed by atoms with Crippen LogP contribution in [0.1, 0.15) is 31.1 Å². The molecule has 2 rings (SSSR count). The van der Waals surface area contributed by atoms with Crippen molar-refractivity contribution >= 4 is 0 Å². The number of aliphatic hydroxyl groups excluding tert-OH is 1. The van der Waals surface area contributed by atoms with Gasteiger partial charge < -0.3 is 9.52 Å². The van der Waals surface area contributed by atoms with Crippen molar-refractivity contribution in [3.8, 4) is 0 Å². The van der Waals surface area contributed by atoms with Crippen molar-refractivity contribution in [1.82, 2.24) is 4.90 Å².